The Kier molecular flexibility index (Phi) is 7.52. The van der Waals surface area contributed by atoms with Gasteiger partial charge in [-0.25, -0.2) is 9.97 Å². The Bertz CT molecular complexity index is 1240. The van der Waals surface area contributed by atoms with Gasteiger partial charge >= 0.3 is 0 Å². The predicted octanol–water partition coefficient (Wildman–Crippen LogP) is 4.09. The largest absolute Gasteiger partial charge is 0.477 e. The molecule has 1 unspecified atom stereocenters. The van der Waals surface area contributed by atoms with Gasteiger partial charge in [-0.15, -0.1) is 0 Å². The average Bonchev–Trinajstić information content (AvgIpc) is 3.26. The summed E-state index contributed by atoms with van der Waals surface area (Å²) in [6.07, 6.45) is 6.11. The smallest absolute Gasteiger partial charge is 0.213 e. The van der Waals surface area contributed by atoms with E-state index < -0.39 is 0 Å². The topological polar surface area (TPSA) is 64.9 Å². The van der Waals surface area contributed by atoms with Crippen molar-refractivity contribution >= 4 is 11.0 Å². The summed E-state index contributed by atoms with van der Waals surface area (Å²) in [5.41, 5.74) is 3.49. The molecular weight excluding hydrogens is 490 g/mol. The van der Waals surface area contributed by atoms with Crippen molar-refractivity contribution in [2.45, 2.75) is 63.3 Å². The number of nitrogens with zero attached hydrogens (tertiary/aromatic N) is 5. The van der Waals surface area contributed by atoms with Crippen molar-refractivity contribution in [2.75, 3.05) is 52.6 Å². The van der Waals surface area contributed by atoms with E-state index in [4.69, 9.17) is 24.2 Å². The highest BCUT2D eigenvalue weighted by atomic mass is 16.5. The third-order valence-corrected chi connectivity index (χ3v) is 9.28. The fourth-order valence-electron chi connectivity index (χ4n) is 6.53. The first-order chi connectivity index (χ1) is 19.3. The third kappa shape index (κ3) is 5.71. The number of hydrogen-bond acceptors (Lipinski definition) is 7. The second-order valence-corrected chi connectivity index (χ2v) is 11.8. The zero-order chi connectivity index (χ0) is 26.0. The number of hydrogen-bond donors (Lipinski definition) is 0. The first-order valence-electron chi connectivity index (χ1n) is 15.0. The first kappa shape index (κ1) is 25.4. The highest BCUT2D eigenvalue weighted by Crippen LogP contribution is 2.30. The van der Waals surface area contributed by atoms with E-state index in [0.29, 0.717) is 24.0 Å². The molecule has 0 aliphatic carbocycles. The van der Waals surface area contributed by atoms with Crippen LogP contribution in [-0.2, 0) is 22.6 Å². The molecule has 3 aromatic rings. The van der Waals surface area contributed by atoms with Gasteiger partial charge < -0.3 is 18.8 Å². The molecule has 8 heteroatoms. The van der Waals surface area contributed by atoms with Gasteiger partial charge in [0.2, 0.25) is 5.88 Å². The number of piperidine rings is 2. The van der Waals surface area contributed by atoms with E-state index in [0.717, 1.165) is 89.1 Å². The molecule has 1 atom stereocenters. The SMILES string of the molecule is c1cc(OCC2CCN(C3COC3)CC2)nc(C2CCN(Cc3nc4ccccc4n3CC3CCO3)CC2)c1. The first-order valence-corrected chi connectivity index (χ1v) is 15.0. The van der Waals surface area contributed by atoms with Crippen molar-refractivity contribution in [2.24, 2.45) is 5.92 Å². The van der Waals surface area contributed by atoms with Gasteiger partial charge in [-0.2, -0.15) is 0 Å². The normalized spacial score (nSPS) is 24.1. The predicted molar refractivity (Wildman–Crippen MR) is 150 cm³/mol. The highest BCUT2D eigenvalue weighted by Gasteiger charge is 2.30. The molecule has 4 aliphatic heterocycles. The van der Waals surface area contributed by atoms with Gasteiger partial charge in [0.15, 0.2) is 0 Å². The quantitative estimate of drug-likeness (QED) is 0.412. The van der Waals surface area contributed by atoms with Crippen LogP contribution in [0, 0.1) is 5.92 Å². The lowest BCUT2D eigenvalue weighted by Crippen LogP contribution is -2.52. The summed E-state index contributed by atoms with van der Waals surface area (Å²) in [6, 6.07) is 15.5. The fourth-order valence-corrected chi connectivity index (χ4v) is 6.53. The van der Waals surface area contributed by atoms with Gasteiger partial charge in [0, 0.05) is 24.3 Å². The molecule has 8 nitrogen and oxygen atoms in total. The van der Waals surface area contributed by atoms with Crippen molar-refractivity contribution in [1.82, 2.24) is 24.3 Å². The Hall–Kier alpha value is -2.52. The summed E-state index contributed by atoms with van der Waals surface area (Å²) in [4.78, 5) is 15.1. The molecule has 0 N–H and O–H groups in total. The highest BCUT2D eigenvalue weighted by molar-refractivity contribution is 5.75. The number of benzene rings is 1. The van der Waals surface area contributed by atoms with Crippen LogP contribution in [0.2, 0.25) is 0 Å². The summed E-state index contributed by atoms with van der Waals surface area (Å²) in [6.45, 7) is 9.72. The number of likely N-dealkylation sites (tertiary alicyclic amines) is 2. The molecule has 0 radical (unpaired) electrons. The Morgan fingerprint density at radius 2 is 1.69 bits per heavy atom. The molecule has 4 aliphatic rings. The van der Waals surface area contributed by atoms with Gasteiger partial charge in [0.05, 0.1) is 56.1 Å². The minimum Gasteiger partial charge on any atom is -0.477 e. The molecule has 0 bridgehead atoms. The molecule has 6 heterocycles. The monoisotopic (exact) mass is 531 g/mol. The van der Waals surface area contributed by atoms with Gasteiger partial charge in [-0.1, -0.05) is 18.2 Å². The van der Waals surface area contributed by atoms with Crippen molar-refractivity contribution in [3.8, 4) is 5.88 Å². The second kappa shape index (κ2) is 11.5. The Morgan fingerprint density at radius 1 is 0.872 bits per heavy atom. The number of ether oxygens (including phenoxy) is 3. The molecule has 1 aromatic carbocycles. The number of rotatable bonds is 9. The minimum absolute atomic E-state index is 0.322. The maximum atomic E-state index is 6.21. The third-order valence-electron chi connectivity index (χ3n) is 9.28. The molecule has 7 rings (SSSR count). The Labute approximate surface area is 231 Å². The van der Waals surface area contributed by atoms with Crippen LogP contribution in [0.15, 0.2) is 42.5 Å². The molecule has 39 heavy (non-hydrogen) atoms. The summed E-state index contributed by atoms with van der Waals surface area (Å²) in [5.74, 6) is 3.05. The van der Waals surface area contributed by atoms with E-state index in [1.807, 2.05) is 6.07 Å². The minimum atomic E-state index is 0.322. The molecular formula is C31H41N5O3. The standard InChI is InChI=1S/C31H41N5O3/c1-2-6-29-28(4-1)32-30(36(29)18-26-12-17-38-26)19-34-13-10-24(11-14-34)27-5-3-7-31(33-27)39-20-23-8-15-35(16-9-23)25-21-37-22-25/h1-7,23-26H,8-22H2. The van der Waals surface area contributed by atoms with Crippen molar-refractivity contribution < 1.29 is 14.2 Å². The van der Waals surface area contributed by atoms with E-state index in [-0.39, 0.29) is 0 Å². The molecule has 2 aromatic heterocycles. The molecule has 4 saturated heterocycles. The van der Waals surface area contributed by atoms with Gasteiger partial charge in [-0.05, 0) is 82.4 Å². The van der Waals surface area contributed by atoms with Crippen LogP contribution in [-0.4, -0.2) is 89.1 Å². The molecule has 0 spiro atoms. The van der Waals surface area contributed by atoms with E-state index in [2.05, 4.69) is 50.8 Å². The van der Waals surface area contributed by atoms with Crippen LogP contribution in [0.5, 0.6) is 5.88 Å². The van der Waals surface area contributed by atoms with E-state index in [1.54, 1.807) is 0 Å². The molecule has 4 fully saturated rings. The van der Waals surface area contributed by atoms with Crippen molar-refractivity contribution in [3.63, 3.8) is 0 Å². The van der Waals surface area contributed by atoms with Crippen LogP contribution in [0.3, 0.4) is 0 Å². The number of fused-ring (bicyclic) bond motifs is 1. The zero-order valence-electron chi connectivity index (χ0n) is 22.9. The van der Waals surface area contributed by atoms with Crippen molar-refractivity contribution in [1.29, 1.82) is 0 Å². The number of para-hydroxylation sites is 2. The van der Waals surface area contributed by atoms with Crippen LogP contribution in [0.1, 0.15) is 49.5 Å². The Balaban J connectivity index is 0.920. The van der Waals surface area contributed by atoms with Crippen LogP contribution in [0.25, 0.3) is 11.0 Å². The van der Waals surface area contributed by atoms with E-state index in [1.165, 1.54) is 37.1 Å². The number of imidazole rings is 1. The van der Waals surface area contributed by atoms with Crippen LogP contribution in [0.4, 0.5) is 0 Å². The molecule has 0 saturated carbocycles. The van der Waals surface area contributed by atoms with Gasteiger partial charge in [0.1, 0.15) is 5.82 Å². The van der Waals surface area contributed by atoms with Gasteiger partial charge in [0.25, 0.3) is 0 Å². The number of aromatic nitrogens is 3. The van der Waals surface area contributed by atoms with Gasteiger partial charge in [-0.3, -0.25) is 9.80 Å². The van der Waals surface area contributed by atoms with E-state index in [9.17, 15) is 0 Å². The summed E-state index contributed by atoms with van der Waals surface area (Å²) >= 11 is 0. The van der Waals surface area contributed by atoms with E-state index >= 15 is 0 Å². The zero-order valence-corrected chi connectivity index (χ0v) is 22.9. The lowest BCUT2D eigenvalue weighted by atomic mass is 9.93. The average molecular weight is 532 g/mol. The summed E-state index contributed by atoms with van der Waals surface area (Å²) in [7, 11) is 0. The fraction of sp³-hybridized carbons (Fsp3) is 0.613. The molecule has 208 valence electrons. The van der Waals surface area contributed by atoms with Crippen LogP contribution >= 0.6 is 0 Å². The lowest BCUT2D eigenvalue weighted by molar-refractivity contribution is -0.0750. The van der Waals surface area contributed by atoms with Crippen molar-refractivity contribution in [3.05, 3.63) is 54.0 Å². The summed E-state index contributed by atoms with van der Waals surface area (Å²) < 4.78 is 19.7. The van der Waals surface area contributed by atoms with Crippen LogP contribution < -0.4 is 4.74 Å². The number of pyridine rings is 1. The molecule has 0 amide bonds. The summed E-state index contributed by atoms with van der Waals surface area (Å²) in [5, 5.41) is 0. The lowest BCUT2D eigenvalue weighted by Gasteiger charge is -2.41. The maximum absolute atomic E-state index is 6.21. The Morgan fingerprint density at radius 3 is 2.44 bits per heavy atom. The maximum Gasteiger partial charge on any atom is 0.213 e. The second-order valence-electron chi connectivity index (χ2n) is 11.8.